The van der Waals surface area contributed by atoms with Crippen LogP contribution in [0, 0.1) is 0 Å². The SMILES string of the molecule is CNC(=O)c1ccc(CN(CCC(=O)Nc2c(Cl)cccc2Cl)Cc2ccco2)cc1. The normalized spacial score (nSPS) is 10.8. The van der Waals surface area contributed by atoms with E-state index in [-0.39, 0.29) is 18.2 Å². The van der Waals surface area contributed by atoms with Crippen LogP contribution in [0.4, 0.5) is 5.69 Å². The lowest BCUT2D eigenvalue weighted by Gasteiger charge is -2.21. The highest BCUT2D eigenvalue weighted by Gasteiger charge is 2.14. The summed E-state index contributed by atoms with van der Waals surface area (Å²) in [5.74, 6) is 0.486. The minimum atomic E-state index is -0.186. The van der Waals surface area contributed by atoms with Gasteiger partial charge in [0.15, 0.2) is 0 Å². The third-order valence-electron chi connectivity index (χ3n) is 4.69. The molecule has 0 aliphatic rings. The van der Waals surface area contributed by atoms with Crippen molar-refractivity contribution in [3.05, 3.63) is 87.8 Å². The zero-order chi connectivity index (χ0) is 22.2. The molecule has 0 unspecified atom stereocenters. The van der Waals surface area contributed by atoms with Crippen LogP contribution in [0.2, 0.25) is 10.0 Å². The Hall–Kier alpha value is -2.80. The molecule has 8 heteroatoms. The molecule has 0 atom stereocenters. The number of nitrogens with one attached hydrogen (secondary N) is 2. The molecule has 2 amide bonds. The number of rotatable bonds is 9. The molecule has 6 nitrogen and oxygen atoms in total. The van der Waals surface area contributed by atoms with Gasteiger partial charge in [0.2, 0.25) is 5.91 Å². The number of para-hydroxylation sites is 1. The molecule has 0 radical (unpaired) electrons. The van der Waals surface area contributed by atoms with Crippen molar-refractivity contribution >= 4 is 40.7 Å². The number of halogens is 2. The molecule has 0 aliphatic carbocycles. The Bertz CT molecular complexity index is 1000. The van der Waals surface area contributed by atoms with E-state index in [2.05, 4.69) is 15.5 Å². The maximum atomic E-state index is 12.5. The van der Waals surface area contributed by atoms with Gasteiger partial charge in [-0.05, 0) is 42.0 Å². The minimum absolute atomic E-state index is 0.131. The molecule has 1 aromatic heterocycles. The highest BCUT2D eigenvalue weighted by molar-refractivity contribution is 6.39. The predicted octanol–water partition coefficient (Wildman–Crippen LogP) is 4.98. The topological polar surface area (TPSA) is 74.6 Å². The lowest BCUT2D eigenvalue weighted by Crippen LogP contribution is -2.27. The van der Waals surface area contributed by atoms with Gasteiger partial charge in [-0.1, -0.05) is 41.4 Å². The Kier molecular flexibility index (Phi) is 8.12. The van der Waals surface area contributed by atoms with E-state index in [1.165, 1.54) is 0 Å². The maximum Gasteiger partial charge on any atom is 0.251 e. The van der Waals surface area contributed by atoms with Crippen molar-refractivity contribution in [2.75, 3.05) is 18.9 Å². The first kappa shape index (κ1) is 22.9. The predicted molar refractivity (Wildman–Crippen MR) is 122 cm³/mol. The first-order valence-electron chi connectivity index (χ1n) is 9.76. The number of hydrogen-bond acceptors (Lipinski definition) is 4. The van der Waals surface area contributed by atoms with Gasteiger partial charge in [-0.3, -0.25) is 14.5 Å². The van der Waals surface area contributed by atoms with Crippen molar-refractivity contribution in [2.45, 2.75) is 19.5 Å². The summed E-state index contributed by atoms with van der Waals surface area (Å²) in [6.45, 7) is 1.63. The Morgan fingerprint density at radius 2 is 1.68 bits per heavy atom. The molecule has 2 aromatic carbocycles. The van der Waals surface area contributed by atoms with Gasteiger partial charge < -0.3 is 15.1 Å². The van der Waals surface area contributed by atoms with Crippen molar-refractivity contribution in [2.24, 2.45) is 0 Å². The van der Waals surface area contributed by atoms with Crippen molar-refractivity contribution in [1.82, 2.24) is 10.2 Å². The second-order valence-corrected chi connectivity index (χ2v) is 7.78. The molecule has 31 heavy (non-hydrogen) atoms. The molecule has 0 spiro atoms. The van der Waals surface area contributed by atoms with Gasteiger partial charge in [-0.25, -0.2) is 0 Å². The van der Waals surface area contributed by atoms with E-state index in [9.17, 15) is 9.59 Å². The number of carbonyl (C=O) groups is 2. The largest absolute Gasteiger partial charge is 0.468 e. The van der Waals surface area contributed by atoms with Gasteiger partial charge in [0, 0.05) is 32.1 Å². The number of hydrogen-bond donors (Lipinski definition) is 2. The van der Waals surface area contributed by atoms with Gasteiger partial charge in [0.1, 0.15) is 5.76 Å². The number of amides is 2. The monoisotopic (exact) mass is 459 g/mol. The molecule has 0 saturated carbocycles. The van der Waals surface area contributed by atoms with Gasteiger partial charge in [-0.15, -0.1) is 0 Å². The quantitative estimate of drug-likeness (QED) is 0.473. The molecule has 3 rings (SSSR count). The molecule has 1 heterocycles. The number of carbonyl (C=O) groups excluding carboxylic acids is 2. The summed E-state index contributed by atoms with van der Waals surface area (Å²) in [6.07, 6.45) is 1.87. The van der Waals surface area contributed by atoms with Crippen molar-refractivity contribution < 1.29 is 14.0 Å². The van der Waals surface area contributed by atoms with Crippen LogP contribution in [-0.4, -0.2) is 30.3 Å². The first-order chi connectivity index (χ1) is 15.0. The highest BCUT2D eigenvalue weighted by atomic mass is 35.5. The fourth-order valence-electron chi connectivity index (χ4n) is 3.08. The fraction of sp³-hybridized carbons (Fsp3) is 0.217. The van der Waals surface area contributed by atoms with Crippen molar-refractivity contribution in [1.29, 1.82) is 0 Å². The summed E-state index contributed by atoms with van der Waals surface area (Å²) >= 11 is 12.3. The van der Waals surface area contributed by atoms with E-state index in [1.807, 2.05) is 24.3 Å². The molecule has 2 N–H and O–H groups in total. The van der Waals surface area contributed by atoms with Crippen LogP contribution in [0.3, 0.4) is 0 Å². The van der Waals surface area contributed by atoms with Crippen LogP contribution >= 0.6 is 23.2 Å². The fourth-order valence-corrected chi connectivity index (χ4v) is 3.57. The van der Waals surface area contributed by atoms with Crippen LogP contribution in [0.1, 0.15) is 28.1 Å². The average Bonchev–Trinajstić information content (AvgIpc) is 3.28. The lowest BCUT2D eigenvalue weighted by molar-refractivity contribution is -0.116. The number of nitrogens with zero attached hydrogens (tertiary/aromatic N) is 1. The van der Waals surface area contributed by atoms with Crippen LogP contribution in [0.15, 0.2) is 65.3 Å². The second-order valence-electron chi connectivity index (χ2n) is 6.96. The third-order valence-corrected chi connectivity index (χ3v) is 5.32. The lowest BCUT2D eigenvalue weighted by atomic mass is 10.1. The number of benzene rings is 2. The maximum absolute atomic E-state index is 12.5. The van der Waals surface area contributed by atoms with Crippen LogP contribution in [0.5, 0.6) is 0 Å². The Morgan fingerprint density at radius 3 is 2.29 bits per heavy atom. The summed E-state index contributed by atoms with van der Waals surface area (Å²) in [7, 11) is 1.60. The number of anilines is 1. The standard InChI is InChI=1S/C23H23Cl2N3O3/c1-26-23(30)17-9-7-16(8-10-17)14-28(15-18-4-3-13-31-18)12-11-21(29)27-22-19(24)5-2-6-20(22)25/h2-10,13H,11-12,14-15H2,1H3,(H,26,30)(H,27,29). The van der Waals surface area contributed by atoms with Crippen LogP contribution < -0.4 is 10.6 Å². The molecule has 0 saturated heterocycles. The molecular weight excluding hydrogens is 437 g/mol. The van der Waals surface area contributed by atoms with Gasteiger partial charge in [0.25, 0.3) is 5.91 Å². The molecule has 0 bridgehead atoms. The van der Waals surface area contributed by atoms with Gasteiger partial charge >= 0.3 is 0 Å². The molecule has 0 fully saturated rings. The molecule has 0 aliphatic heterocycles. The summed E-state index contributed by atoms with van der Waals surface area (Å²) in [5, 5.41) is 6.18. The van der Waals surface area contributed by atoms with Gasteiger partial charge in [-0.2, -0.15) is 0 Å². The summed E-state index contributed by atoms with van der Waals surface area (Å²) in [5.41, 5.74) is 2.03. The zero-order valence-corrected chi connectivity index (χ0v) is 18.5. The zero-order valence-electron chi connectivity index (χ0n) is 17.0. The number of furan rings is 1. The highest BCUT2D eigenvalue weighted by Crippen LogP contribution is 2.29. The van der Waals surface area contributed by atoms with E-state index < -0.39 is 0 Å². The van der Waals surface area contributed by atoms with E-state index in [1.54, 1.807) is 43.6 Å². The van der Waals surface area contributed by atoms with Crippen LogP contribution in [0.25, 0.3) is 0 Å². The second kappa shape index (κ2) is 11.0. The first-order valence-corrected chi connectivity index (χ1v) is 10.5. The molecule has 3 aromatic rings. The summed E-state index contributed by atoms with van der Waals surface area (Å²) < 4.78 is 5.47. The van der Waals surface area contributed by atoms with E-state index in [0.29, 0.717) is 40.9 Å². The van der Waals surface area contributed by atoms with Crippen LogP contribution in [-0.2, 0) is 17.9 Å². The molecular formula is C23H23Cl2N3O3. The summed E-state index contributed by atoms with van der Waals surface area (Å²) in [6, 6.07) is 16.2. The van der Waals surface area contributed by atoms with E-state index in [0.717, 1.165) is 11.3 Å². The Morgan fingerprint density at radius 1 is 0.968 bits per heavy atom. The Labute approximate surface area is 191 Å². The van der Waals surface area contributed by atoms with Crippen molar-refractivity contribution in [3.63, 3.8) is 0 Å². The van der Waals surface area contributed by atoms with Gasteiger partial charge in [0.05, 0.1) is 28.5 Å². The van der Waals surface area contributed by atoms with E-state index >= 15 is 0 Å². The molecule has 162 valence electrons. The smallest absolute Gasteiger partial charge is 0.251 e. The van der Waals surface area contributed by atoms with E-state index in [4.69, 9.17) is 27.6 Å². The third kappa shape index (κ3) is 6.59. The average molecular weight is 460 g/mol. The minimum Gasteiger partial charge on any atom is -0.468 e. The Balaban J connectivity index is 1.64. The van der Waals surface area contributed by atoms with Crippen molar-refractivity contribution in [3.8, 4) is 0 Å². The summed E-state index contributed by atoms with van der Waals surface area (Å²) in [4.78, 5) is 26.3.